The van der Waals surface area contributed by atoms with Crippen LogP contribution in [0.5, 0.6) is 0 Å². The van der Waals surface area contributed by atoms with E-state index in [-0.39, 0.29) is 18.2 Å². The molecule has 2 aromatic rings. The largest absolute Gasteiger partial charge is 0.274 e. The SMILES string of the molecule is CCCCc1ccc(C#N)c(SC2CC(=O)N(c3ccc(C(C)C)cc3)C2=O)n1. The average molecular weight is 408 g/mol. The van der Waals surface area contributed by atoms with Gasteiger partial charge in [0.25, 0.3) is 0 Å². The van der Waals surface area contributed by atoms with E-state index in [2.05, 4.69) is 31.8 Å². The Hall–Kier alpha value is -2.65. The molecule has 150 valence electrons. The molecule has 1 unspecified atom stereocenters. The van der Waals surface area contributed by atoms with Crippen LogP contribution in [0.15, 0.2) is 41.4 Å². The summed E-state index contributed by atoms with van der Waals surface area (Å²) in [6, 6.07) is 13.3. The molecule has 29 heavy (non-hydrogen) atoms. The van der Waals surface area contributed by atoms with Crippen LogP contribution in [0.1, 0.15) is 62.8 Å². The molecular formula is C23H25N3O2S. The number of hydrogen-bond acceptors (Lipinski definition) is 5. The van der Waals surface area contributed by atoms with Gasteiger partial charge in [-0.25, -0.2) is 9.88 Å². The summed E-state index contributed by atoms with van der Waals surface area (Å²) in [4.78, 5) is 31.4. The van der Waals surface area contributed by atoms with E-state index < -0.39 is 5.25 Å². The highest BCUT2D eigenvalue weighted by molar-refractivity contribution is 8.00. The Kier molecular flexibility index (Phi) is 6.71. The Morgan fingerprint density at radius 2 is 1.93 bits per heavy atom. The lowest BCUT2D eigenvalue weighted by Crippen LogP contribution is -2.31. The maximum absolute atomic E-state index is 13.0. The van der Waals surface area contributed by atoms with Gasteiger partial charge in [-0.1, -0.05) is 51.1 Å². The molecule has 0 N–H and O–H groups in total. The van der Waals surface area contributed by atoms with Crippen LogP contribution in [0.3, 0.4) is 0 Å². The quantitative estimate of drug-likeness (QED) is 0.614. The summed E-state index contributed by atoms with van der Waals surface area (Å²) in [7, 11) is 0. The summed E-state index contributed by atoms with van der Waals surface area (Å²) in [5.41, 5.74) is 3.10. The highest BCUT2D eigenvalue weighted by Crippen LogP contribution is 2.35. The third-order valence-corrected chi connectivity index (χ3v) is 6.19. The van der Waals surface area contributed by atoms with Crippen molar-refractivity contribution in [3.8, 4) is 6.07 Å². The van der Waals surface area contributed by atoms with Crippen LogP contribution in [-0.4, -0.2) is 22.0 Å². The topological polar surface area (TPSA) is 74.1 Å². The molecule has 0 saturated carbocycles. The van der Waals surface area contributed by atoms with Crippen molar-refractivity contribution in [1.29, 1.82) is 5.26 Å². The van der Waals surface area contributed by atoms with Gasteiger partial charge in [0.2, 0.25) is 11.8 Å². The van der Waals surface area contributed by atoms with E-state index in [0.717, 1.165) is 30.5 Å². The number of nitriles is 1. The highest BCUT2D eigenvalue weighted by Gasteiger charge is 2.40. The standard InChI is InChI=1S/C23H25N3O2S/c1-4-5-6-18-10-7-17(14-24)22(25-18)29-20-13-21(27)26(23(20)28)19-11-8-16(9-12-19)15(2)3/h7-12,15,20H,4-6,13H2,1-3H3. The number of benzene rings is 1. The number of carbonyl (C=O) groups is 2. The van der Waals surface area contributed by atoms with Crippen LogP contribution in [0, 0.1) is 11.3 Å². The zero-order valence-electron chi connectivity index (χ0n) is 17.0. The molecule has 1 aliphatic heterocycles. The zero-order chi connectivity index (χ0) is 21.0. The fourth-order valence-electron chi connectivity index (χ4n) is 3.26. The number of imide groups is 1. The van der Waals surface area contributed by atoms with Gasteiger partial charge in [0.05, 0.1) is 16.5 Å². The van der Waals surface area contributed by atoms with Crippen molar-refractivity contribution in [3.05, 3.63) is 53.2 Å². The Morgan fingerprint density at radius 1 is 1.21 bits per heavy atom. The van der Waals surface area contributed by atoms with Gasteiger partial charge in [-0.2, -0.15) is 5.26 Å². The van der Waals surface area contributed by atoms with Crippen LogP contribution in [0.2, 0.25) is 0 Å². The number of anilines is 1. The third-order valence-electron chi connectivity index (χ3n) is 5.00. The number of hydrogen-bond donors (Lipinski definition) is 0. The number of aryl methyl sites for hydroxylation is 1. The maximum atomic E-state index is 13.0. The molecule has 1 aromatic heterocycles. The summed E-state index contributed by atoms with van der Waals surface area (Å²) in [6.07, 6.45) is 3.02. The number of amides is 2. The molecule has 1 fully saturated rings. The Balaban J connectivity index is 1.80. The molecule has 2 amide bonds. The van der Waals surface area contributed by atoms with Crippen molar-refractivity contribution < 1.29 is 9.59 Å². The summed E-state index contributed by atoms with van der Waals surface area (Å²) in [6.45, 7) is 6.31. The molecule has 0 spiro atoms. The molecule has 0 radical (unpaired) electrons. The van der Waals surface area contributed by atoms with Gasteiger partial charge in [0.15, 0.2) is 0 Å². The summed E-state index contributed by atoms with van der Waals surface area (Å²) in [5, 5.41) is 9.38. The highest BCUT2D eigenvalue weighted by atomic mass is 32.2. The molecule has 0 bridgehead atoms. The first kappa shape index (κ1) is 21.1. The minimum absolute atomic E-state index is 0.112. The smallest absolute Gasteiger partial charge is 0.247 e. The fourth-order valence-corrected chi connectivity index (χ4v) is 4.37. The van der Waals surface area contributed by atoms with E-state index in [9.17, 15) is 14.9 Å². The second kappa shape index (κ2) is 9.23. The molecular weight excluding hydrogens is 382 g/mol. The lowest BCUT2D eigenvalue weighted by atomic mass is 10.0. The van der Waals surface area contributed by atoms with Gasteiger partial charge in [-0.05, 0) is 48.6 Å². The maximum Gasteiger partial charge on any atom is 0.247 e. The molecule has 3 rings (SSSR count). The summed E-state index contributed by atoms with van der Waals surface area (Å²) < 4.78 is 0. The van der Waals surface area contributed by atoms with Crippen molar-refractivity contribution in [1.82, 2.24) is 4.98 Å². The Labute approximate surface area is 176 Å². The van der Waals surface area contributed by atoms with Crippen molar-refractivity contribution in [2.45, 2.75) is 62.6 Å². The van der Waals surface area contributed by atoms with E-state index in [0.29, 0.717) is 22.2 Å². The average Bonchev–Trinajstić information content (AvgIpc) is 2.99. The molecule has 1 aliphatic rings. The number of nitrogens with zero attached hydrogens (tertiary/aromatic N) is 3. The normalized spacial score (nSPS) is 16.5. The molecule has 5 nitrogen and oxygen atoms in total. The van der Waals surface area contributed by atoms with Crippen LogP contribution in [0.25, 0.3) is 0 Å². The van der Waals surface area contributed by atoms with Crippen molar-refractivity contribution in [2.75, 3.05) is 4.90 Å². The fraction of sp³-hybridized carbons (Fsp3) is 0.391. The van der Waals surface area contributed by atoms with Crippen molar-refractivity contribution >= 4 is 29.3 Å². The minimum Gasteiger partial charge on any atom is -0.274 e. The van der Waals surface area contributed by atoms with Crippen LogP contribution in [0.4, 0.5) is 5.69 Å². The van der Waals surface area contributed by atoms with Crippen molar-refractivity contribution in [2.24, 2.45) is 0 Å². The van der Waals surface area contributed by atoms with Crippen molar-refractivity contribution in [3.63, 3.8) is 0 Å². The second-order valence-electron chi connectivity index (χ2n) is 7.49. The van der Waals surface area contributed by atoms with Gasteiger partial charge in [-0.3, -0.25) is 9.59 Å². The number of pyridine rings is 1. The Morgan fingerprint density at radius 3 is 2.55 bits per heavy atom. The first-order valence-electron chi connectivity index (χ1n) is 9.98. The summed E-state index contributed by atoms with van der Waals surface area (Å²) >= 11 is 1.22. The number of thioether (sulfide) groups is 1. The lowest BCUT2D eigenvalue weighted by Gasteiger charge is -2.16. The third kappa shape index (κ3) is 4.68. The number of aromatic nitrogens is 1. The zero-order valence-corrected chi connectivity index (χ0v) is 17.8. The predicted octanol–water partition coefficient (Wildman–Crippen LogP) is 4.84. The Bertz CT molecular complexity index is 948. The first-order chi connectivity index (χ1) is 13.9. The second-order valence-corrected chi connectivity index (χ2v) is 8.69. The van der Waals surface area contributed by atoms with E-state index >= 15 is 0 Å². The van der Waals surface area contributed by atoms with E-state index in [1.807, 2.05) is 30.3 Å². The van der Waals surface area contributed by atoms with Crippen LogP contribution in [-0.2, 0) is 16.0 Å². The van der Waals surface area contributed by atoms with Gasteiger partial charge in [0, 0.05) is 12.1 Å². The van der Waals surface area contributed by atoms with Gasteiger partial charge < -0.3 is 0 Å². The minimum atomic E-state index is -0.562. The number of rotatable bonds is 7. The van der Waals surface area contributed by atoms with E-state index in [1.54, 1.807) is 6.07 Å². The molecule has 1 saturated heterocycles. The molecule has 2 heterocycles. The van der Waals surface area contributed by atoms with Crippen LogP contribution < -0.4 is 4.90 Å². The lowest BCUT2D eigenvalue weighted by molar-refractivity contribution is -0.121. The molecule has 1 aromatic carbocycles. The van der Waals surface area contributed by atoms with Crippen LogP contribution >= 0.6 is 11.8 Å². The summed E-state index contributed by atoms with van der Waals surface area (Å²) in [5.74, 6) is -0.0832. The predicted molar refractivity (Wildman–Crippen MR) is 115 cm³/mol. The molecule has 6 heteroatoms. The number of carbonyl (C=O) groups excluding carboxylic acids is 2. The monoisotopic (exact) mass is 407 g/mol. The molecule has 1 atom stereocenters. The van der Waals surface area contributed by atoms with Gasteiger partial charge in [-0.15, -0.1) is 0 Å². The van der Waals surface area contributed by atoms with Gasteiger partial charge in [0.1, 0.15) is 11.1 Å². The van der Waals surface area contributed by atoms with Gasteiger partial charge >= 0.3 is 0 Å². The number of unbranched alkanes of at least 4 members (excludes halogenated alkanes) is 1. The van der Waals surface area contributed by atoms with E-state index in [1.165, 1.54) is 16.7 Å². The van der Waals surface area contributed by atoms with E-state index in [4.69, 9.17) is 0 Å². The first-order valence-corrected chi connectivity index (χ1v) is 10.9. The molecule has 0 aliphatic carbocycles.